The Morgan fingerprint density at radius 3 is 3.06 bits per heavy atom. The van der Waals surface area contributed by atoms with Crippen LogP contribution in [0.5, 0.6) is 0 Å². The van der Waals surface area contributed by atoms with Gasteiger partial charge in [0.1, 0.15) is 12.1 Å². The van der Waals surface area contributed by atoms with Gasteiger partial charge in [-0.2, -0.15) is 5.48 Å². The maximum atomic E-state index is 5.20. The van der Waals surface area contributed by atoms with Gasteiger partial charge < -0.3 is 14.9 Å². The third-order valence-corrected chi connectivity index (χ3v) is 2.21. The van der Waals surface area contributed by atoms with Crippen LogP contribution in [0.1, 0.15) is 13.3 Å². The van der Waals surface area contributed by atoms with Gasteiger partial charge in [-0.1, -0.05) is 6.58 Å². The minimum atomic E-state index is 0.247. The van der Waals surface area contributed by atoms with Crippen molar-refractivity contribution in [2.24, 2.45) is 9.98 Å². The molecule has 100 valence electrons. The summed E-state index contributed by atoms with van der Waals surface area (Å²) in [5.41, 5.74) is 3.26. The third kappa shape index (κ3) is 6.17. The maximum Gasteiger partial charge on any atom is 0.123 e. The number of rotatable bonds is 7. The van der Waals surface area contributed by atoms with Gasteiger partial charge >= 0.3 is 0 Å². The van der Waals surface area contributed by atoms with Crippen molar-refractivity contribution >= 4 is 12.7 Å². The lowest BCUT2D eigenvalue weighted by molar-refractivity contribution is 0.128. The zero-order valence-corrected chi connectivity index (χ0v) is 10.8. The molecule has 0 bridgehead atoms. The Bertz CT molecular complexity index is 344. The van der Waals surface area contributed by atoms with Gasteiger partial charge in [0.25, 0.3) is 0 Å². The minimum absolute atomic E-state index is 0.247. The molecule has 6 heteroatoms. The summed E-state index contributed by atoms with van der Waals surface area (Å²) in [7, 11) is 1.69. The average Bonchev–Trinajstić information content (AvgIpc) is 2.81. The highest BCUT2D eigenvalue weighted by atomic mass is 16.6. The Kier molecular flexibility index (Phi) is 6.75. The Labute approximate surface area is 107 Å². The topological polar surface area (TPSA) is 67.2 Å². The monoisotopic (exact) mass is 252 g/mol. The molecule has 0 aliphatic carbocycles. The first kappa shape index (κ1) is 14.4. The molecule has 2 N–H and O–H groups in total. The highest BCUT2D eigenvalue weighted by Crippen LogP contribution is 2.06. The van der Waals surface area contributed by atoms with Crippen LogP contribution in [-0.4, -0.2) is 39.0 Å². The van der Waals surface area contributed by atoms with Crippen LogP contribution in [0.3, 0.4) is 0 Å². The fraction of sp³-hybridized carbons (Fsp3) is 0.500. The van der Waals surface area contributed by atoms with Crippen molar-refractivity contribution in [3.63, 3.8) is 0 Å². The van der Waals surface area contributed by atoms with Gasteiger partial charge in [-0.15, -0.1) is 0 Å². The molecule has 0 saturated carbocycles. The van der Waals surface area contributed by atoms with E-state index in [0.717, 1.165) is 13.0 Å². The van der Waals surface area contributed by atoms with Crippen LogP contribution >= 0.6 is 0 Å². The number of hydrogen-bond acceptors (Lipinski definition) is 4. The van der Waals surface area contributed by atoms with Crippen molar-refractivity contribution < 1.29 is 9.57 Å². The standard InChI is InChI=1S/C12H20N4O2/c1-10(6-11(2)18-13-3)15-8-14-9-16-12-4-5-17-7-12/h6,8-9,12-13H,1,4-5,7H2,2-3H3,(H,14,15,16)/b11-6+/t12-/m0/s1. The second-order valence-electron chi connectivity index (χ2n) is 3.79. The summed E-state index contributed by atoms with van der Waals surface area (Å²) in [6.45, 7) is 7.10. The first-order chi connectivity index (χ1) is 8.72. The molecule has 0 aromatic rings. The molecule has 0 aromatic heterocycles. The van der Waals surface area contributed by atoms with E-state index < -0.39 is 0 Å². The second kappa shape index (κ2) is 8.43. The lowest BCUT2D eigenvalue weighted by atomic mass is 10.3. The van der Waals surface area contributed by atoms with Gasteiger partial charge in [0.2, 0.25) is 0 Å². The van der Waals surface area contributed by atoms with Gasteiger partial charge in [0.05, 0.1) is 19.0 Å². The molecule has 1 rings (SSSR count). The number of hydrogen-bond donors (Lipinski definition) is 2. The molecular weight excluding hydrogens is 232 g/mol. The fourth-order valence-electron chi connectivity index (χ4n) is 1.40. The van der Waals surface area contributed by atoms with E-state index in [-0.39, 0.29) is 6.04 Å². The number of nitrogens with one attached hydrogen (secondary N) is 2. The van der Waals surface area contributed by atoms with Gasteiger partial charge in [-0.3, -0.25) is 4.99 Å². The Balaban J connectivity index is 2.22. The van der Waals surface area contributed by atoms with E-state index >= 15 is 0 Å². The number of hydroxylamine groups is 1. The smallest absolute Gasteiger partial charge is 0.123 e. The second-order valence-corrected chi connectivity index (χ2v) is 3.79. The summed E-state index contributed by atoms with van der Waals surface area (Å²) in [4.78, 5) is 13.3. The molecule has 18 heavy (non-hydrogen) atoms. The summed E-state index contributed by atoms with van der Waals surface area (Å²) in [6, 6.07) is 0.247. The molecule has 1 saturated heterocycles. The van der Waals surface area contributed by atoms with Gasteiger partial charge in [0, 0.05) is 25.4 Å². The lowest BCUT2D eigenvalue weighted by Crippen LogP contribution is -2.10. The maximum absolute atomic E-state index is 5.20. The summed E-state index contributed by atoms with van der Waals surface area (Å²) < 4.78 is 5.20. The van der Waals surface area contributed by atoms with Crippen LogP contribution in [0.2, 0.25) is 0 Å². The van der Waals surface area contributed by atoms with Crippen LogP contribution in [0.4, 0.5) is 0 Å². The molecule has 0 spiro atoms. The lowest BCUT2D eigenvalue weighted by Gasteiger charge is -2.03. The van der Waals surface area contributed by atoms with Crippen LogP contribution in [-0.2, 0) is 9.57 Å². The first-order valence-electron chi connectivity index (χ1n) is 5.80. The fourth-order valence-corrected chi connectivity index (χ4v) is 1.40. The van der Waals surface area contributed by atoms with Crippen molar-refractivity contribution in [2.45, 2.75) is 19.4 Å². The Morgan fingerprint density at radius 1 is 1.56 bits per heavy atom. The van der Waals surface area contributed by atoms with Crippen LogP contribution in [0, 0.1) is 0 Å². The minimum Gasteiger partial charge on any atom is -0.414 e. The summed E-state index contributed by atoms with van der Waals surface area (Å²) in [5.74, 6) is 0.708. The Morgan fingerprint density at radius 2 is 2.39 bits per heavy atom. The van der Waals surface area contributed by atoms with E-state index in [4.69, 9.17) is 9.57 Å². The zero-order valence-electron chi connectivity index (χ0n) is 10.8. The molecule has 1 aliphatic rings. The van der Waals surface area contributed by atoms with Gasteiger partial charge in [-0.05, 0) is 13.3 Å². The summed E-state index contributed by atoms with van der Waals surface area (Å²) >= 11 is 0. The molecule has 0 unspecified atom stereocenters. The highest BCUT2D eigenvalue weighted by molar-refractivity contribution is 5.72. The molecule has 0 radical (unpaired) electrons. The largest absolute Gasteiger partial charge is 0.414 e. The van der Waals surface area contributed by atoms with E-state index in [1.54, 1.807) is 13.1 Å². The van der Waals surface area contributed by atoms with Crippen molar-refractivity contribution in [3.8, 4) is 0 Å². The van der Waals surface area contributed by atoms with Gasteiger partial charge in [0.15, 0.2) is 0 Å². The predicted molar refractivity (Wildman–Crippen MR) is 72.4 cm³/mol. The van der Waals surface area contributed by atoms with E-state index in [2.05, 4.69) is 27.4 Å². The summed E-state index contributed by atoms with van der Waals surface area (Å²) in [6.07, 6.45) is 5.78. The Hall–Kier alpha value is -1.66. The zero-order chi connectivity index (χ0) is 13.2. The van der Waals surface area contributed by atoms with Crippen molar-refractivity contribution in [2.75, 3.05) is 20.3 Å². The van der Waals surface area contributed by atoms with E-state index in [1.165, 1.54) is 12.7 Å². The van der Waals surface area contributed by atoms with E-state index in [0.29, 0.717) is 18.1 Å². The molecule has 6 nitrogen and oxygen atoms in total. The molecule has 1 aliphatic heterocycles. The van der Waals surface area contributed by atoms with Crippen LogP contribution < -0.4 is 10.8 Å². The quantitative estimate of drug-likeness (QED) is 0.233. The normalized spacial score (nSPS) is 20.8. The summed E-state index contributed by atoms with van der Waals surface area (Å²) in [5, 5.41) is 2.90. The number of allylic oxidation sites excluding steroid dienone is 2. The first-order valence-corrected chi connectivity index (χ1v) is 5.80. The van der Waals surface area contributed by atoms with Crippen molar-refractivity contribution in [1.82, 2.24) is 10.8 Å². The third-order valence-electron chi connectivity index (χ3n) is 2.21. The van der Waals surface area contributed by atoms with Crippen molar-refractivity contribution in [1.29, 1.82) is 0 Å². The molecule has 0 aromatic carbocycles. The molecule has 0 amide bonds. The molecular formula is C12H20N4O2. The van der Waals surface area contributed by atoms with E-state index in [1.807, 2.05) is 6.92 Å². The number of ether oxygens (including phenoxy) is 1. The SMILES string of the molecule is C=C(/C=C(\C)ONC)NC=NC=N[C@H]1CCOC1. The molecule has 1 fully saturated rings. The molecule has 1 heterocycles. The van der Waals surface area contributed by atoms with Crippen LogP contribution in [0.15, 0.2) is 34.1 Å². The predicted octanol–water partition coefficient (Wildman–Crippen LogP) is 0.990. The van der Waals surface area contributed by atoms with Crippen LogP contribution in [0.25, 0.3) is 0 Å². The number of aliphatic imine (C=N–C) groups is 2. The van der Waals surface area contributed by atoms with Crippen molar-refractivity contribution in [3.05, 3.63) is 24.1 Å². The average molecular weight is 252 g/mol. The molecule has 1 atom stereocenters. The number of nitrogens with zero attached hydrogens (tertiary/aromatic N) is 2. The van der Waals surface area contributed by atoms with Gasteiger partial charge in [-0.25, -0.2) is 4.99 Å². The van der Waals surface area contributed by atoms with E-state index in [9.17, 15) is 0 Å². The highest BCUT2D eigenvalue weighted by Gasteiger charge is 2.12.